The van der Waals surface area contributed by atoms with Gasteiger partial charge in [0.05, 0.1) is 17.8 Å². The normalized spacial score (nSPS) is 11.4. The van der Waals surface area contributed by atoms with Crippen molar-refractivity contribution in [2.45, 2.75) is 13.5 Å². The number of halogens is 1. The third-order valence-electron chi connectivity index (χ3n) is 2.54. The zero-order valence-electron chi connectivity index (χ0n) is 8.55. The lowest BCUT2D eigenvalue weighted by molar-refractivity contribution is 0.677. The Morgan fingerprint density at radius 1 is 1.25 bits per heavy atom. The molecule has 6 heteroatoms. The molecule has 0 saturated carbocycles. The quantitative estimate of drug-likeness (QED) is 0.646. The predicted octanol–water partition coefficient (Wildman–Crippen LogP) is 2.05. The molecule has 0 aliphatic carbocycles. The first kappa shape index (κ1) is 9.47. The van der Waals surface area contributed by atoms with Crippen LogP contribution in [0.5, 0.6) is 0 Å². The van der Waals surface area contributed by atoms with Crippen molar-refractivity contribution in [1.82, 2.24) is 25.0 Å². The smallest absolute Gasteiger partial charge is 0.161 e. The van der Waals surface area contributed by atoms with Crippen molar-refractivity contribution in [3.8, 4) is 0 Å². The largest absolute Gasteiger partial charge is 0.246 e. The van der Waals surface area contributed by atoms with Crippen LogP contribution in [0.25, 0.3) is 21.8 Å². The van der Waals surface area contributed by atoms with Crippen molar-refractivity contribution in [1.29, 1.82) is 0 Å². The molecule has 0 unspecified atom stereocenters. The number of pyridine rings is 1. The van der Waals surface area contributed by atoms with Crippen LogP contribution in [0.4, 0.5) is 0 Å². The molecule has 80 valence electrons. The average molecular weight is 234 g/mol. The van der Waals surface area contributed by atoms with Crippen LogP contribution < -0.4 is 0 Å². The zero-order valence-corrected chi connectivity index (χ0v) is 9.31. The Balaban J connectivity index is 2.55. The fraction of sp³-hybridized carbons (Fsp3) is 0.200. The number of nitrogens with zero attached hydrogens (tertiary/aromatic N) is 5. The monoisotopic (exact) mass is 233 g/mol. The van der Waals surface area contributed by atoms with Gasteiger partial charge in [-0.05, 0) is 6.92 Å². The maximum atomic E-state index is 6.12. The summed E-state index contributed by atoms with van der Waals surface area (Å²) in [6.45, 7) is 2.74. The highest BCUT2D eigenvalue weighted by molar-refractivity contribution is 6.36. The van der Waals surface area contributed by atoms with Crippen molar-refractivity contribution >= 4 is 33.4 Å². The van der Waals surface area contributed by atoms with Gasteiger partial charge in [-0.15, -0.1) is 0 Å². The molecule has 0 amide bonds. The third-order valence-corrected chi connectivity index (χ3v) is 2.80. The Morgan fingerprint density at radius 2 is 2.06 bits per heavy atom. The highest BCUT2D eigenvalue weighted by Gasteiger charge is 2.12. The van der Waals surface area contributed by atoms with Crippen LogP contribution in [0.2, 0.25) is 5.15 Å². The van der Waals surface area contributed by atoms with Crippen LogP contribution >= 0.6 is 11.6 Å². The Bertz CT molecular complexity index is 675. The van der Waals surface area contributed by atoms with E-state index in [1.54, 1.807) is 23.3 Å². The fourth-order valence-electron chi connectivity index (χ4n) is 1.78. The van der Waals surface area contributed by atoms with E-state index < -0.39 is 0 Å². The van der Waals surface area contributed by atoms with Gasteiger partial charge in [-0.2, -0.15) is 15.3 Å². The summed E-state index contributed by atoms with van der Waals surface area (Å²) in [4.78, 5) is 4.35. The molecule has 0 aliphatic heterocycles. The first-order valence-electron chi connectivity index (χ1n) is 4.92. The van der Waals surface area contributed by atoms with Gasteiger partial charge in [0.1, 0.15) is 0 Å². The molecule has 0 aromatic carbocycles. The van der Waals surface area contributed by atoms with Crippen molar-refractivity contribution in [2.24, 2.45) is 0 Å². The second-order valence-electron chi connectivity index (χ2n) is 3.42. The van der Waals surface area contributed by atoms with Crippen molar-refractivity contribution in [2.75, 3.05) is 0 Å². The summed E-state index contributed by atoms with van der Waals surface area (Å²) in [5.74, 6) is 0. The van der Waals surface area contributed by atoms with E-state index in [9.17, 15) is 0 Å². The van der Waals surface area contributed by atoms with Crippen molar-refractivity contribution < 1.29 is 0 Å². The van der Waals surface area contributed by atoms with E-state index in [1.165, 1.54) is 0 Å². The van der Waals surface area contributed by atoms with Gasteiger partial charge in [0.15, 0.2) is 10.8 Å². The first-order valence-corrected chi connectivity index (χ1v) is 5.30. The van der Waals surface area contributed by atoms with Gasteiger partial charge < -0.3 is 0 Å². The first-order chi connectivity index (χ1) is 7.81. The molecule has 0 aliphatic rings. The van der Waals surface area contributed by atoms with Crippen LogP contribution in [-0.4, -0.2) is 25.0 Å². The van der Waals surface area contributed by atoms with Gasteiger partial charge in [0, 0.05) is 23.5 Å². The van der Waals surface area contributed by atoms with E-state index in [2.05, 4.69) is 20.3 Å². The highest BCUT2D eigenvalue weighted by atomic mass is 35.5. The predicted molar refractivity (Wildman–Crippen MR) is 61.3 cm³/mol. The lowest BCUT2D eigenvalue weighted by Crippen LogP contribution is -1.97. The van der Waals surface area contributed by atoms with Gasteiger partial charge in [-0.3, -0.25) is 0 Å². The minimum Gasteiger partial charge on any atom is -0.246 e. The topological polar surface area (TPSA) is 56.5 Å². The summed E-state index contributed by atoms with van der Waals surface area (Å²) in [6, 6.07) is 0. The SMILES string of the molecule is CCn1nc(Cl)c2c3cnncc3cnc21. The number of hydrogen-bond donors (Lipinski definition) is 0. The number of rotatable bonds is 1. The Hall–Kier alpha value is -1.75. The molecule has 3 aromatic rings. The van der Waals surface area contributed by atoms with Gasteiger partial charge in [0.25, 0.3) is 0 Å². The van der Waals surface area contributed by atoms with E-state index in [-0.39, 0.29) is 0 Å². The summed E-state index contributed by atoms with van der Waals surface area (Å²) < 4.78 is 1.78. The molecule has 16 heavy (non-hydrogen) atoms. The number of aryl methyl sites for hydroxylation is 1. The summed E-state index contributed by atoms with van der Waals surface area (Å²) in [6.07, 6.45) is 5.12. The van der Waals surface area contributed by atoms with Crippen LogP contribution in [0.3, 0.4) is 0 Å². The van der Waals surface area contributed by atoms with Crippen molar-refractivity contribution in [3.63, 3.8) is 0 Å². The number of hydrogen-bond acceptors (Lipinski definition) is 4. The minimum atomic E-state index is 0.461. The van der Waals surface area contributed by atoms with E-state index in [4.69, 9.17) is 11.6 Å². The van der Waals surface area contributed by atoms with Gasteiger partial charge in [0.2, 0.25) is 0 Å². The third kappa shape index (κ3) is 1.18. The standard InChI is InChI=1S/C10H8ClN5/c1-2-16-10-8(9(11)15-16)7-5-14-13-4-6(7)3-12-10/h3-5H,2H2,1H3. The molecule has 5 nitrogen and oxygen atoms in total. The summed E-state index contributed by atoms with van der Waals surface area (Å²) in [5.41, 5.74) is 0.785. The lowest BCUT2D eigenvalue weighted by atomic mass is 10.2. The zero-order chi connectivity index (χ0) is 11.1. The lowest BCUT2D eigenvalue weighted by Gasteiger charge is -1.99. The molecule has 0 bridgehead atoms. The van der Waals surface area contributed by atoms with E-state index in [0.29, 0.717) is 5.15 Å². The maximum absolute atomic E-state index is 6.12. The summed E-state index contributed by atoms with van der Waals surface area (Å²) in [5, 5.41) is 15.1. The summed E-state index contributed by atoms with van der Waals surface area (Å²) >= 11 is 6.12. The molecule has 0 radical (unpaired) electrons. The molecule has 0 N–H and O–H groups in total. The average Bonchev–Trinajstić information content (AvgIpc) is 2.66. The molecule has 3 heterocycles. The van der Waals surface area contributed by atoms with Crippen LogP contribution in [-0.2, 0) is 6.54 Å². The Labute approximate surface area is 96.1 Å². The van der Waals surface area contributed by atoms with Crippen molar-refractivity contribution in [3.05, 3.63) is 23.7 Å². The highest BCUT2D eigenvalue weighted by Crippen LogP contribution is 2.28. The second-order valence-corrected chi connectivity index (χ2v) is 3.78. The van der Waals surface area contributed by atoms with Gasteiger partial charge >= 0.3 is 0 Å². The minimum absolute atomic E-state index is 0.461. The Kier molecular flexibility index (Phi) is 2.00. The van der Waals surface area contributed by atoms with E-state index in [1.807, 2.05) is 6.92 Å². The molecular weight excluding hydrogens is 226 g/mol. The maximum Gasteiger partial charge on any atom is 0.161 e. The van der Waals surface area contributed by atoms with E-state index >= 15 is 0 Å². The Morgan fingerprint density at radius 3 is 2.88 bits per heavy atom. The molecule has 0 atom stereocenters. The number of aromatic nitrogens is 5. The molecular formula is C10H8ClN5. The molecule has 0 fully saturated rings. The molecule has 3 rings (SSSR count). The van der Waals surface area contributed by atoms with Crippen LogP contribution in [0.1, 0.15) is 6.92 Å². The van der Waals surface area contributed by atoms with Crippen LogP contribution in [0, 0.1) is 0 Å². The van der Waals surface area contributed by atoms with E-state index in [0.717, 1.165) is 28.4 Å². The fourth-order valence-corrected chi connectivity index (χ4v) is 2.06. The molecule has 0 spiro atoms. The summed E-state index contributed by atoms with van der Waals surface area (Å²) in [7, 11) is 0. The van der Waals surface area contributed by atoms with Gasteiger partial charge in [-0.25, -0.2) is 9.67 Å². The molecule has 3 aromatic heterocycles. The van der Waals surface area contributed by atoms with Gasteiger partial charge in [-0.1, -0.05) is 11.6 Å². The van der Waals surface area contributed by atoms with Crippen LogP contribution in [0.15, 0.2) is 18.6 Å². The second kappa shape index (κ2) is 3.38. The molecule has 0 saturated heterocycles. The number of fused-ring (bicyclic) bond motifs is 3.